The second-order valence-corrected chi connectivity index (χ2v) is 5.87. The molecule has 142 valence electrons. The zero-order valence-corrected chi connectivity index (χ0v) is 15.3. The number of benzene rings is 1. The highest BCUT2D eigenvalue weighted by Crippen LogP contribution is 2.06. The Morgan fingerprint density at radius 2 is 1.11 bits per heavy atom. The molecule has 0 radical (unpaired) electrons. The van der Waals surface area contributed by atoms with Gasteiger partial charge in [-0.1, -0.05) is 0 Å². The molecule has 3 aromatic rings. The fourth-order valence-electron chi connectivity index (χ4n) is 2.26. The molecule has 0 saturated heterocycles. The Morgan fingerprint density at radius 3 is 1.43 bits per heavy atom. The molecular weight excluding hydrogens is 360 g/mol. The average Bonchev–Trinajstić information content (AvgIpc) is 3.29. The van der Waals surface area contributed by atoms with Crippen molar-refractivity contribution >= 4 is 24.2 Å². The van der Waals surface area contributed by atoms with Crippen LogP contribution in [0.4, 0.5) is 0 Å². The lowest BCUT2D eigenvalue weighted by Crippen LogP contribution is -2.19. The zero-order chi connectivity index (χ0) is 19.9. The number of carbonyl (C=O) groups excluding carboxylic acids is 2. The minimum atomic E-state index is -0.405. The molecule has 28 heavy (non-hydrogen) atoms. The van der Waals surface area contributed by atoms with Crippen molar-refractivity contribution in [2.75, 3.05) is 0 Å². The van der Waals surface area contributed by atoms with Gasteiger partial charge in [0.15, 0.2) is 0 Å². The summed E-state index contributed by atoms with van der Waals surface area (Å²) in [5, 5.41) is 7.67. The van der Waals surface area contributed by atoms with Gasteiger partial charge in [0.1, 0.15) is 23.0 Å². The Balaban J connectivity index is 1.53. The summed E-state index contributed by atoms with van der Waals surface area (Å²) in [7, 11) is 0. The molecule has 0 fully saturated rings. The molecule has 0 saturated carbocycles. The van der Waals surface area contributed by atoms with Gasteiger partial charge in [0, 0.05) is 11.1 Å². The van der Waals surface area contributed by atoms with Crippen molar-refractivity contribution in [3.8, 4) is 0 Å². The third-order valence-corrected chi connectivity index (χ3v) is 3.65. The number of hydrogen-bond acceptors (Lipinski definition) is 6. The van der Waals surface area contributed by atoms with E-state index in [1.54, 1.807) is 24.3 Å². The molecule has 0 bridgehead atoms. The lowest BCUT2D eigenvalue weighted by molar-refractivity contribution is 0.0943. The number of furan rings is 2. The number of hydrazone groups is 2. The second kappa shape index (κ2) is 8.63. The predicted molar refractivity (Wildman–Crippen MR) is 103 cm³/mol. The van der Waals surface area contributed by atoms with Crippen LogP contribution in [0.3, 0.4) is 0 Å². The van der Waals surface area contributed by atoms with Crippen LogP contribution >= 0.6 is 0 Å². The summed E-state index contributed by atoms with van der Waals surface area (Å²) in [4.78, 5) is 24.1. The molecule has 0 aliphatic heterocycles. The van der Waals surface area contributed by atoms with Crippen LogP contribution in [0.1, 0.15) is 43.8 Å². The normalized spacial score (nSPS) is 11.2. The van der Waals surface area contributed by atoms with E-state index in [0.717, 1.165) is 11.5 Å². The summed E-state index contributed by atoms with van der Waals surface area (Å²) >= 11 is 0. The first-order valence-corrected chi connectivity index (χ1v) is 8.41. The number of nitrogens with zero attached hydrogens (tertiary/aromatic N) is 2. The van der Waals surface area contributed by atoms with Crippen LogP contribution in [0, 0.1) is 13.8 Å². The van der Waals surface area contributed by atoms with E-state index < -0.39 is 11.8 Å². The highest BCUT2D eigenvalue weighted by Gasteiger charge is 2.08. The number of amides is 2. The molecular formula is C20H18N4O4. The van der Waals surface area contributed by atoms with Crippen LogP contribution in [0.5, 0.6) is 0 Å². The van der Waals surface area contributed by atoms with Gasteiger partial charge in [0.2, 0.25) is 0 Å². The molecule has 2 amide bonds. The Bertz CT molecular complexity index is 945. The number of hydrogen-bond donors (Lipinski definition) is 2. The maximum atomic E-state index is 12.1. The van der Waals surface area contributed by atoms with Gasteiger partial charge in [0.25, 0.3) is 11.8 Å². The molecule has 3 rings (SSSR count). The average molecular weight is 378 g/mol. The lowest BCUT2D eigenvalue weighted by atomic mass is 10.1. The van der Waals surface area contributed by atoms with Crippen molar-refractivity contribution in [2.45, 2.75) is 13.8 Å². The molecule has 1 aromatic carbocycles. The van der Waals surface area contributed by atoms with Crippen LogP contribution in [-0.2, 0) is 0 Å². The van der Waals surface area contributed by atoms with Crippen molar-refractivity contribution in [1.29, 1.82) is 0 Å². The summed E-state index contributed by atoms with van der Waals surface area (Å²) in [6.07, 6.45) is 2.82. The van der Waals surface area contributed by atoms with Gasteiger partial charge < -0.3 is 8.83 Å². The predicted octanol–water partition coefficient (Wildman–Crippen LogP) is 3.02. The maximum Gasteiger partial charge on any atom is 0.271 e. The topological polar surface area (TPSA) is 109 Å². The van der Waals surface area contributed by atoms with E-state index in [9.17, 15) is 9.59 Å². The molecule has 0 aliphatic carbocycles. The molecule has 2 aromatic heterocycles. The molecule has 8 nitrogen and oxygen atoms in total. The highest BCUT2D eigenvalue weighted by molar-refractivity contribution is 5.98. The van der Waals surface area contributed by atoms with Crippen LogP contribution in [0.2, 0.25) is 0 Å². The van der Waals surface area contributed by atoms with Crippen LogP contribution in [0.15, 0.2) is 67.6 Å². The van der Waals surface area contributed by atoms with E-state index in [4.69, 9.17) is 8.83 Å². The Morgan fingerprint density at radius 1 is 0.714 bits per heavy atom. The van der Waals surface area contributed by atoms with Gasteiger partial charge in [-0.05, 0) is 62.4 Å². The van der Waals surface area contributed by atoms with Gasteiger partial charge >= 0.3 is 0 Å². The first-order valence-electron chi connectivity index (χ1n) is 8.41. The quantitative estimate of drug-likeness (QED) is 0.507. The van der Waals surface area contributed by atoms with E-state index in [1.165, 1.54) is 36.7 Å². The minimum Gasteiger partial charge on any atom is -0.460 e. The summed E-state index contributed by atoms with van der Waals surface area (Å²) in [5.74, 6) is 1.77. The van der Waals surface area contributed by atoms with Gasteiger partial charge in [-0.2, -0.15) is 10.2 Å². The van der Waals surface area contributed by atoms with Crippen molar-refractivity contribution in [3.05, 3.63) is 82.7 Å². The summed E-state index contributed by atoms with van der Waals surface area (Å²) in [5.41, 5.74) is 5.51. The van der Waals surface area contributed by atoms with Gasteiger partial charge in [0.05, 0.1) is 12.4 Å². The molecule has 2 N–H and O–H groups in total. The molecule has 8 heteroatoms. The highest BCUT2D eigenvalue weighted by atomic mass is 16.3. The van der Waals surface area contributed by atoms with Gasteiger partial charge in [-0.25, -0.2) is 10.9 Å². The summed E-state index contributed by atoms with van der Waals surface area (Å²) in [6.45, 7) is 3.63. The first-order chi connectivity index (χ1) is 13.5. The van der Waals surface area contributed by atoms with Gasteiger partial charge in [-0.3, -0.25) is 9.59 Å². The Labute approximate surface area is 160 Å². The molecule has 0 unspecified atom stereocenters. The third kappa shape index (κ3) is 5.04. The monoisotopic (exact) mass is 378 g/mol. The van der Waals surface area contributed by atoms with Crippen molar-refractivity contribution < 1.29 is 18.4 Å². The number of nitrogens with one attached hydrogen (secondary N) is 2. The van der Waals surface area contributed by atoms with Gasteiger partial charge in [-0.15, -0.1) is 0 Å². The van der Waals surface area contributed by atoms with E-state index in [0.29, 0.717) is 22.6 Å². The second-order valence-electron chi connectivity index (χ2n) is 5.87. The smallest absolute Gasteiger partial charge is 0.271 e. The van der Waals surface area contributed by atoms with Crippen LogP contribution in [0.25, 0.3) is 0 Å². The lowest BCUT2D eigenvalue weighted by Gasteiger charge is -2.02. The van der Waals surface area contributed by atoms with E-state index in [1.807, 2.05) is 13.8 Å². The fourth-order valence-corrected chi connectivity index (χ4v) is 2.26. The van der Waals surface area contributed by atoms with Crippen molar-refractivity contribution in [1.82, 2.24) is 10.9 Å². The third-order valence-electron chi connectivity index (χ3n) is 3.65. The first kappa shape index (κ1) is 18.8. The Hall–Kier alpha value is -3.94. The number of aryl methyl sites for hydroxylation is 2. The SMILES string of the molecule is Cc1ccc(/C=N/NC(=O)c2ccc(C(=O)N/N=C/c3ccc(C)o3)cc2)o1. The molecule has 2 heterocycles. The molecule has 0 spiro atoms. The Kier molecular flexibility index (Phi) is 5.81. The largest absolute Gasteiger partial charge is 0.460 e. The maximum absolute atomic E-state index is 12.1. The minimum absolute atomic E-state index is 0.360. The standard InChI is InChI=1S/C20H18N4O4/c1-13-3-9-17(27-13)11-21-23-19(25)15-5-7-16(8-6-15)20(26)24-22-12-18-10-4-14(2)28-18/h3-12H,1-2H3,(H,23,25)(H,24,26)/b21-11+,22-12+. The van der Waals surface area contributed by atoms with Crippen molar-refractivity contribution in [3.63, 3.8) is 0 Å². The van der Waals surface area contributed by atoms with E-state index in [2.05, 4.69) is 21.1 Å². The van der Waals surface area contributed by atoms with E-state index >= 15 is 0 Å². The summed E-state index contributed by atoms with van der Waals surface area (Å²) < 4.78 is 10.6. The van der Waals surface area contributed by atoms with E-state index in [-0.39, 0.29) is 0 Å². The fraction of sp³-hybridized carbons (Fsp3) is 0.100. The summed E-state index contributed by atoms with van der Waals surface area (Å²) in [6, 6.07) is 13.2. The van der Waals surface area contributed by atoms with Crippen molar-refractivity contribution in [2.24, 2.45) is 10.2 Å². The number of rotatable bonds is 6. The molecule has 0 atom stereocenters. The van der Waals surface area contributed by atoms with Crippen LogP contribution < -0.4 is 10.9 Å². The molecule has 0 aliphatic rings. The zero-order valence-electron chi connectivity index (χ0n) is 15.3. The number of carbonyl (C=O) groups is 2. The van der Waals surface area contributed by atoms with Crippen LogP contribution in [-0.4, -0.2) is 24.2 Å².